The molecule has 0 bridgehead atoms. The van der Waals surface area contributed by atoms with Gasteiger partial charge in [0.05, 0.1) is 11.2 Å². The molecule has 0 atom stereocenters. The summed E-state index contributed by atoms with van der Waals surface area (Å²) in [6, 6.07) is 16.0. The lowest BCUT2D eigenvalue weighted by atomic mass is 9.97. The van der Waals surface area contributed by atoms with Gasteiger partial charge in [-0.1, -0.05) is 60.1 Å². The summed E-state index contributed by atoms with van der Waals surface area (Å²) in [4.78, 5) is 0. The summed E-state index contributed by atoms with van der Waals surface area (Å²) >= 11 is 17.0. The molecule has 3 aromatic carbocycles. The van der Waals surface area contributed by atoms with Crippen molar-refractivity contribution in [1.82, 2.24) is 14.9 Å². The molecular formula is C17H11ClN4S2. The minimum Gasteiger partial charge on any atom is -0.273 e. The van der Waals surface area contributed by atoms with Crippen molar-refractivity contribution in [2.45, 2.75) is 0 Å². The smallest absolute Gasteiger partial charge is 0.215 e. The molecule has 118 valence electrons. The third kappa shape index (κ3) is 2.39. The first-order valence-electron chi connectivity index (χ1n) is 7.20. The highest BCUT2D eigenvalue weighted by Crippen LogP contribution is 2.35. The Morgan fingerprint density at radius 2 is 1.29 bits per heavy atom. The van der Waals surface area contributed by atoms with Crippen LogP contribution in [0.4, 0.5) is 0 Å². The summed E-state index contributed by atoms with van der Waals surface area (Å²) in [7, 11) is 0. The molecular weight excluding hydrogens is 360 g/mol. The SMILES string of the molecule is S=c1[nH][nH]c(=S)n1/N=C\c1c2ccccc2c(Cl)c2ccccc12. The Hall–Kier alpha value is -2.28. The second kappa shape index (κ2) is 5.98. The zero-order chi connectivity index (χ0) is 16.7. The zero-order valence-corrected chi connectivity index (χ0v) is 14.7. The highest BCUT2D eigenvalue weighted by molar-refractivity contribution is 7.72. The fourth-order valence-electron chi connectivity index (χ4n) is 2.77. The lowest BCUT2D eigenvalue weighted by molar-refractivity contribution is 0.849. The topological polar surface area (TPSA) is 48.9 Å². The van der Waals surface area contributed by atoms with Gasteiger partial charge in [0.25, 0.3) is 0 Å². The van der Waals surface area contributed by atoms with E-state index in [9.17, 15) is 0 Å². The molecule has 0 saturated carbocycles. The van der Waals surface area contributed by atoms with E-state index in [-0.39, 0.29) is 0 Å². The maximum atomic E-state index is 6.60. The first-order chi connectivity index (χ1) is 11.7. The molecule has 0 saturated heterocycles. The fraction of sp³-hybridized carbons (Fsp3) is 0. The van der Waals surface area contributed by atoms with Crippen LogP contribution in [-0.4, -0.2) is 21.1 Å². The molecule has 0 fully saturated rings. The lowest BCUT2D eigenvalue weighted by Gasteiger charge is -2.10. The number of nitrogens with one attached hydrogen (secondary N) is 2. The number of fused-ring (bicyclic) bond motifs is 2. The first-order valence-corrected chi connectivity index (χ1v) is 8.39. The molecule has 0 aliphatic heterocycles. The van der Waals surface area contributed by atoms with Gasteiger partial charge in [0.1, 0.15) is 0 Å². The van der Waals surface area contributed by atoms with Crippen LogP contribution >= 0.6 is 36.0 Å². The number of H-pyrrole nitrogens is 2. The number of aromatic amines is 2. The Morgan fingerprint density at radius 3 is 1.79 bits per heavy atom. The summed E-state index contributed by atoms with van der Waals surface area (Å²) in [5, 5.41) is 14.8. The maximum absolute atomic E-state index is 6.60. The zero-order valence-electron chi connectivity index (χ0n) is 12.3. The molecule has 0 amide bonds. The van der Waals surface area contributed by atoms with Crippen LogP contribution in [0.2, 0.25) is 5.02 Å². The van der Waals surface area contributed by atoms with Crippen LogP contribution in [0.3, 0.4) is 0 Å². The van der Waals surface area contributed by atoms with Gasteiger partial charge < -0.3 is 0 Å². The van der Waals surface area contributed by atoms with Crippen molar-refractivity contribution in [2.24, 2.45) is 5.10 Å². The van der Waals surface area contributed by atoms with Gasteiger partial charge in [-0.25, -0.2) is 0 Å². The molecule has 7 heteroatoms. The number of hydrogen-bond donors (Lipinski definition) is 2. The van der Waals surface area contributed by atoms with Gasteiger partial charge in [-0.3, -0.25) is 10.2 Å². The highest BCUT2D eigenvalue weighted by Gasteiger charge is 2.10. The number of aromatic nitrogens is 3. The van der Waals surface area contributed by atoms with E-state index in [1.807, 2.05) is 48.5 Å². The molecule has 0 unspecified atom stereocenters. The van der Waals surface area contributed by atoms with Crippen molar-refractivity contribution in [2.75, 3.05) is 0 Å². The lowest BCUT2D eigenvalue weighted by Crippen LogP contribution is -1.94. The number of hydrogen-bond acceptors (Lipinski definition) is 3. The molecule has 24 heavy (non-hydrogen) atoms. The van der Waals surface area contributed by atoms with Crippen molar-refractivity contribution < 1.29 is 0 Å². The van der Waals surface area contributed by atoms with Crippen LogP contribution in [0.1, 0.15) is 5.56 Å². The number of rotatable bonds is 2. The summed E-state index contributed by atoms with van der Waals surface area (Å²) in [5.41, 5.74) is 0.975. The van der Waals surface area contributed by atoms with Crippen LogP contribution in [0.15, 0.2) is 53.6 Å². The van der Waals surface area contributed by atoms with E-state index in [0.29, 0.717) is 9.54 Å². The Labute approximate surface area is 152 Å². The van der Waals surface area contributed by atoms with Crippen LogP contribution in [0, 0.1) is 9.54 Å². The first kappa shape index (κ1) is 15.3. The van der Waals surface area contributed by atoms with E-state index in [0.717, 1.165) is 32.1 Å². The maximum Gasteiger partial charge on any atom is 0.215 e. The Morgan fingerprint density at radius 1 is 0.833 bits per heavy atom. The van der Waals surface area contributed by atoms with E-state index in [1.165, 1.54) is 4.68 Å². The van der Waals surface area contributed by atoms with Crippen molar-refractivity contribution in [3.63, 3.8) is 0 Å². The molecule has 4 rings (SSSR count). The minimum absolute atomic E-state index is 0.416. The van der Waals surface area contributed by atoms with Gasteiger partial charge in [-0.15, -0.1) is 0 Å². The average Bonchev–Trinajstić information content (AvgIpc) is 2.93. The summed E-state index contributed by atoms with van der Waals surface area (Å²) in [5.74, 6) is 0. The van der Waals surface area contributed by atoms with Gasteiger partial charge in [0, 0.05) is 16.3 Å². The molecule has 2 N–H and O–H groups in total. The minimum atomic E-state index is 0.416. The second-order valence-corrected chi connectivity index (χ2v) is 6.39. The van der Waals surface area contributed by atoms with Gasteiger partial charge in [-0.2, -0.15) is 9.78 Å². The molecule has 0 aliphatic rings. The average molecular weight is 371 g/mol. The van der Waals surface area contributed by atoms with E-state index < -0.39 is 0 Å². The quantitative estimate of drug-likeness (QED) is 0.280. The third-order valence-corrected chi connectivity index (χ3v) is 4.83. The van der Waals surface area contributed by atoms with Gasteiger partial charge in [-0.05, 0) is 35.2 Å². The van der Waals surface area contributed by atoms with E-state index in [2.05, 4.69) is 15.3 Å². The van der Waals surface area contributed by atoms with Crippen molar-refractivity contribution in [3.8, 4) is 0 Å². The summed E-state index contributed by atoms with van der Waals surface area (Å²) < 4.78 is 2.31. The largest absolute Gasteiger partial charge is 0.273 e. The number of halogens is 1. The van der Waals surface area contributed by atoms with Crippen molar-refractivity contribution in [1.29, 1.82) is 0 Å². The Bertz CT molecular complexity index is 1130. The molecule has 1 aromatic heterocycles. The number of nitrogens with zero attached hydrogens (tertiary/aromatic N) is 2. The third-order valence-electron chi connectivity index (χ3n) is 3.87. The number of benzene rings is 3. The van der Waals surface area contributed by atoms with Crippen LogP contribution in [-0.2, 0) is 0 Å². The predicted molar refractivity (Wildman–Crippen MR) is 104 cm³/mol. The molecule has 4 nitrogen and oxygen atoms in total. The summed E-state index contributed by atoms with van der Waals surface area (Å²) in [6.07, 6.45) is 1.77. The highest BCUT2D eigenvalue weighted by atomic mass is 35.5. The second-order valence-electron chi connectivity index (χ2n) is 5.24. The van der Waals surface area contributed by atoms with E-state index in [1.54, 1.807) is 6.21 Å². The van der Waals surface area contributed by atoms with E-state index >= 15 is 0 Å². The van der Waals surface area contributed by atoms with E-state index in [4.69, 9.17) is 36.0 Å². The monoisotopic (exact) mass is 370 g/mol. The molecule has 1 heterocycles. The Kier molecular flexibility index (Phi) is 3.80. The van der Waals surface area contributed by atoms with Crippen molar-refractivity contribution in [3.05, 3.63) is 68.7 Å². The Balaban J connectivity index is 2.08. The van der Waals surface area contributed by atoms with Gasteiger partial charge in [0.15, 0.2) is 0 Å². The van der Waals surface area contributed by atoms with Gasteiger partial charge in [0.2, 0.25) is 9.54 Å². The molecule has 0 aliphatic carbocycles. The molecule has 4 aromatic rings. The normalized spacial score (nSPS) is 11.7. The fourth-order valence-corrected chi connectivity index (χ4v) is 3.54. The standard InChI is InChI=1S/C17H11ClN4S2/c18-15-12-7-3-1-5-10(12)14(11-6-2-4-8-13(11)15)9-19-22-16(23)20-21-17(22)24/h1-9H,(H,20,23)(H,21,24)/b19-9-. The van der Waals surface area contributed by atoms with Crippen LogP contribution in [0.25, 0.3) is 21.5 Å². The van der Waals surface area contributed by atoms with Crippen LogP contribution < -0.4 is 0 Å². The van der Waals surface area contributed by atoms with Crippen molar-refractivity contribution >= 4 is 63.8 Å². The molecule has 0 spiro atoms. The summed E-state index contributed by atoms with van der Waals surface area (Å²) in [6.45, 7) is 0. The molecule has 0 radical (unpaired) electrons. The van der Waals surface area contributed by atoms with Crippen LogP contribution in [0.5, 0.6) is 0 Å². The van der Waals surface area contributed by atoms with Gasteiger partial charge >= 0.3 is 0 Å². The predicted octanol–water partition coefficient (Wildman–Crippen LogP) is 5.45.